The van der Waals surface area contributed by atoms with E-state index in [1.807, 2.05) is 67.6 Å². The van der Waals surface area contributed by atoms with Gasteiger partial charge in [-0.25, -0.2) is 0 Å². The molecule has 1 N–H and O–H groups in total. The Kier molecular flexibility index (Phi) is 5.50. The zero-order chi connectivity index (χ0) is 15.9. The Morgan fingerprint density at radius 1 is 1.05 bits per heavy atom. The highest BCUT2D eigenvalue weighted by molar-refractivity contribution is 5.91. The van der Waals surface area contributed by atoms with Crippen LogP contribution in [0.5, 0.6) is 0 Å². The van der Waals surface area contributed by atoms with E-state index in [9.17, 15) is 9.90 Å². The summed E-state index contributed by atoms with van der Waals surface area (Å²) in [6, 6.07) is 18.7. The Balaban J connectivity index is 2.02. The minimum absolute atomic E-state index is 0.133. The molecule has 2 aromatic rings. The van der Waals surface area contributed by atoms with Gasteiger partial charge in [0.15, 0.2) is 0 Å². The number of amides is 1. The van der Waals surface area contributed by atoms with Gasteiger partial charge in [-0.3, -0.25) is 4.79 Å². The van der Waals surface area contributed by atoms with Crippen LogP contribution in [-0.2, 0) is 4.79 Å². The van der Waals surface area contributed by atoms with Crippen molar-refractivity contribution in [1.29, 1.82) is 0 Å². The molecular weight excluding hydrogens is 274 g/mol. The maximum Gasteiger partial charge on any atom is 0.246 e. The summed E-state index contributed by atoms with van der Waals surface area (Å²) in [5, 5.41) is 10.4. The van der Waals surface area contributed by atoms with Crippen LogP contribution in [0.4, 0.5) is 0 Å². The lowest BCUT2D eigenvalue weighted by molar-refractivity contribution is -0.128. The van der Waals surface area contributed by atoms with Crippen LogP contribution in [-0.4, -0.2) is 29.0 Å². The molecule has 0 aliphatic heterocycles. The number of nitrogens with zero attached hydrogens (tertiary/aromatic N) is 1. The maximum absolute atomic E-state index is 12.2. The summed E-state index contributed by atoms with van der Waals surface area (Å²) in [5.74, 6) is -0.133. The maximum atomic E-state index is 12.2. The summed E-state index contributed by atoms with van der Waals surface area (Å²) in [5.41, 5.74) is 1.78. The molecule has 0 spiro atoms. The van der Waals surface area contributed by atoms with Crippen LogP contribution < -0.4 is 0 Å². The fraction of sp³-hybridized carbons (Fsp3) is 0.211. The second kappa shape index (κ2) is 7.57. The van der Waals surface area contributed by atoms with E-state index >= 15 is 0 Å². The first-order valence-electron chi connectivity index (χ1n) is 7.32. The molecule has 2 atom stereocenters. The van der Waals surface area contributed by atoms with Crippen LogP contribution >= 0.6 is 0 Å². The molecule has 0 saturated carbocycles. The highest BCUT2D eigenvalue weighted by atomic mass is 16.3. The Bertz CT molecular complexity index is 622. The third-order valence-electron chi connectivity index (χ3n) is 3.77. The van der Waals surface area contributed by atoms with E-state index in [1.165, 1.54) is 6.08 Å². The fourth-order valence-electron chi connectivity index (χ4n) is 2.19. The average molecular weight is 295 g/mol. The van der Waals surface area contributed by atoms with Crippen LogP contribution in [0, 0.1) is 0 Å². The lowest BCUT2D eigenvalue weighted by Gasteiger charge is -2.28. The number of carbonyl (C=O) groups is 1. The zero-order valence-electron chi connectivity index (χ0n) is 12.9. The average Bonchev–Trinajstić information content (AvgIpc) is 2.59. The minimum Gasteiger partial charge on any atom is -0.386 e. The van der Waals surface area contributed by atoms with Crippen molar-refractivity contribution in [3.8, 4) is 0 Å². The van der Waals surface area contributed by atoms with Crippen molar-refractivity contribution in [2.75, 3.05) is 7.05 Å². The van der Waals surface area contributed by atoms with Gasteiger partial charge in [0.2, 0.25) is 5.91 Å². The SMILES string of the molecule is C[C@@H]([C@@H](O)c1ccccc1)N(C)C(=O)/C=C/c1ccccc1. The van der Waals surface area contributed by atoms with E-state index in [2.05, 4.69) is 0 Å². The van der Waals surface area contributed by atoms with Crippen LogP contribution in [0.2, 0.25) is 0 Å². The molecule has 2 aromatic carbocycles. The molecule has 0 saturated heterocycles. The molecule has 0 aliphatic rings. The third-order valence-corrected chi connectivity index (χ3v) is 3.77. The molecule has 0 unspecified atom stereocenters. The summed E-state index contributed by atoms with van der Waals surface area (Å²) >= 11 is 0. The molecule has 0 aromatic heterocycles. The van der Waals surface area contributed by atoms with Gasteiger partial charge in [-0.05, 0) is 24.1 Å². The van der Waals surface area contributed by atoms with E-state index in [-0.39, 0.29) is 11.9 Å². The fourth-order valence-corrected chi connectivity index (χ4v) is 2.19. The van der Waals surface area contributed by atoms with Gasteiger partial charge in [0.05, 0.1) is 12.1 Å². The quantitative estimate of drug-likeness (QED) is 0.860. The predicted molar refractivity (Wildman–Crippen MR) is 89.1 cm³/mol. The summed E-state index contributed by atoms with van der Waals surface area (Å²) in [6.45, 7) is 1.84. The molecule has 3 heteroatoms. The number of hydrogen-bond acceptors (Lipinski definition) is 2. The predicted octanol–water partition coefficient (Wildman–Crippen LogP) is 3.28. The van der Waals surface area contributed by atoms with Crippen LogP contribution in [0.1, 0.15) is 24.2 Å². The molecule has 0 bridgehead atoms. The molecule has 0 fully saturated rings. The van der Waals surface area contributed by atoms with Crippen LogP contribution in [0.25, 0.3) is 6.08 Å². The highest BCUT2D eigenvalue weighted by Gasteiger charge is 2.22. The first-order chi connectivity index (χ1) is 10.6. The van der Waals surface area contributed by atoms with E-state index in [0.29, 0.717) is 0 Å². The second-order valence-corrected chi connectivity index (χ2v) is 5.29. The largest absolute Gasteiger partial charge is 0.386 e. The zero-order valence-corrected chi connectivity index (χ0v) is 12.9. The van der Waals surface area contributed by atoms with Gasteiger partial charge in [-0.2, -0.15) is 0 Å². The second-order valence-electron chi connectivity index (χ2n) is 5.29. The molecule has 1 amide bonds. The van der Waals surface area contributed by atoms with Crippen LogP contribution in [0.3, 0.4) is 0 Å². The van der Waals surface area contributed by atoms with E-state index in [4.69, 9.17) is 0 Å². The van der Waals surface area contributed by atoms with Gasteiger partial charge >= 0.3 is 0 Å². The van der Waals surface area contributed by atoms with E-state index < -0.39 is 6.10 Å². The van der Waals surface area contributed by atoms with Gasteiger partial charge in [-0.15, -0.1) is 0 Å². The van der Waals surface area contributed by atoms with E-state index in [1.54, 1.807) is 18.0 Å². The lowest BCUT2D eigenvalue weighted by atomic mass is 10.0. The molecule has 114 valence electrons. The molecule has 22 heavy (non-hydrogen) atoms. The first-order valence-corrected chi connectivity index (χ1v) is 7.32. The normalized spacial score (nSPS) is 13.8. The Hall–Kier alpha value is -2.39. The Morgan fingerprint density at radius 3 is 2.18 bits per heavy atom. The highest BCUT2D eigenvalue weighted by Crippen LogP contribution is 2.20. The first kappa shape index (κ1) is 16.0. The standard InChI is InChI=1S/C19H21NO2/c1-15(19(22)17-11-7-4-8-12-17)20(2)18(21)14-13-16-9-5-3-6-10-16/h3-15,19,22H,1-2H3/b14-13+/t15-,19+/m0/s1. The number of benzene rings is 2. The van der Waals surface area contributed by atoms with Crippen molar-refractivity contribution in [3.63, 3.8) is 0 Å². The smallest absolute Gasteiger partial charge is 0.246 e. The number of likely N-dealkylation sites (N-methyl/N-ethyl adjacent to an activating group) is 1. The third kappa shape index (κ3) is 4.06. The minimum atomic E-state index is -0.708. The van der Waals surface area contributed by atoms with Crippen molar-refractivity contribution in [2.24, 2.45) is 0 Å². The molecule has 0 aliphatic carbocycles. The summed E-state index contributed by atoms with van der Waals surface area (Å²) in [7, 11) is 1.70. The number of aliphatic hydroxyl groups is 1. The molecule has 3 nitrogen and oxygen atoms in total. The summed E-state index contributed by atoms with van der Waals surface area (Å²) in [6.07, 6.45) is 2.60. The van der Waals surface area contributed by atoms with Crippen molar-refractivity contribution >= 4 is 12.0 Å². The van der Waals surface area contributed by atoms with Crippen molar-refractivity contribution < 1.29 is 9.90 Å². The number of aliphatic hydroxyl groups excluding tert-OH is 1. The molecule has 2 rings (SSSR count). The topological polar surface area (TPSA) is 40.5 Å². The van der Waals surface area contributed by atoms with Gasteiger partial charge < -0.3 is 10.0 Å². The molecule has 0 heterocycles. The van der Waals surface area contributed by atoms with Gasteiger partial charge in [-0.1, -0.05) is 60.7 Å². The van der Waals surface area contributed by atoms with Crippen LogP contribution in [0.15, 0.2) is 66.7 Å². The molecule has 0 radical (unpaired) electrons. The summed E-state index contributed by atoms with van der Waals surface area (Å²) < 4.78 is 0. The van der Waals surface area contributed by atoms with Crippen molar-refractivity contribution in [2.45, 2.75) is 19.1 Å². The Morgan fingerprint density at radius 2 is 1.59 bits per heavy atom. The Labute approximate surface area is 131 Å². The van der Waals surface area contributed by atoms with Crippen molar-refractivity contribution in [3.05, 3.63) is 77.9 Å². The lowest BCUT2D eigenvalue weighted by Crippen LogP contribution is -2.38. The number of rotatable bonds is 5. The monoisotopic (exact) mass is 295 g/mol. The molecular formula is C19H21NO2. The van der Waals surface area contributed by atoms with Crippen molar-refractivity contribution in [1.82, 2.24) is 4.90 Å². The number of hydrogen-bond donors (Lipinski definition) is 1. The van der Waals surface area contributed by atoms with Gasteiger partial charge in [0.25, 0.3) is 0 Å². The number of carbonyl (C=O) groups excluding carboxylic acids is 1. The van der Waals surface area contributed by atoms with Gasteiger partial charge in [0, 0.05) is 13.1 Å². The van der Waals surface area contributed by atoms with Gasteiger partial charge in [0.1, 0.15) is 0 Å². The van der Waals surface area contributed by atoms with E-state index in [0.717, 1.165) is 11.1 Å². The summed E-state index contributed by atoms with van der Waals surface area (Å²) in [4.78, 5) is 13.8.